The molecule has 0 spiro atoms. The molecule has 0 unspecified atom stereocenters. The SMILES string of the molecule is O=c1nc[nH]c2c1cnn2-c1ncccc1Cl. The van der Waals surface area contributed by atoms with Crippen LogP contribution in [-0.4, -0.2) is 24.7 Å². The Morgan fingerprint density at radius 1 is 1.35 bits per heavy atom. The summed E-state index contributed by atoms with van der Waals surface area (Å²) in [5, 5.41) is 4.94. The van der Waals surface area contributed by atoms with E-state index in [0.717, 1.165) is 0 Å². The smallest absolute Gasteiger partial charge is 0.283 e. The van der Waals surface area contributed by atoms with E-state index in [1.165, 1.54) is 17.2 Å². The predicted molar refractivity (Wildman–Crippen MR) is 62.3 cm³/mol. The van der Waals surface area contributed by atoms with Crippen LogP contribution in [0.25, 0.3) is 16.9 Å². The van der Waals surface area contributed by atoms with Crippen LogP contribution in [0, 0.1) is 0 Å². The number of hydrogen-bond donors (Lipinski definition) is 1. The van der Waals surface area contributed by atoms with Crippen molar-refractivity contribution in [2.24, 2.45) is 0 Å². The number of H-pyrrole nitrogens is 1. The second kappa shape index (κ2) is 3.67. The molecular formula is C10H6ClN5O. The highest BCUT2D eigenvalue weighted by molar-refractivity contribution is 6.32. The summed E-state index contributed by atoms with van der Waals surface area (Å²) >= 11 is 6.02. The molecule has 84 valence electrons. The first kappa shape index (κ1) is 9.98. The summed E-state index contributed by atoms with van der Waals surface area (Å²) in [6.07, 6.45) is 4.36. The molecule has 17 heavy (non-hydrogen) atoms. The minimum Gasteiger partial charge on any atom is -0.330 e. The molecular weight excluding hydrogens is 242 g/mol. The molecule has 0 aliphatic heterocycles. The van der Waals surface area contributed by atoms with E-state index in [9.17, 15) is 4.79 Å². The van der Waals surface area contributed by atoms with Crippen molar-refractivity contribution in [3.05, 3.63) is 46.2 Å². The summed E-state index contributed by atoms with van der Waals surface area (Å²) in [6.45, 7) is 0. The largest absolute Gasteiger partial charge is 0.330 e. The van der Waals surface area contributed by atoms with Crippen LogP contribution in [0.15, 0.2) is 35.6 Å². The van der Waals surface area contributed by atoms with Gasteiger partial charge in [0.15, 0.2) is 5.82 Å². The Balaban J connectivity index is 2.36. The lowest BCUT2D eigenvalue weighted by Crippen LogP contribution is -2.07. The maximum Gasteiger partial charge on any atom is 0.283 e. The van der Waals surface area contributed by atoms with Gasteiger partial charge in [0.2, 0.25) is 0 Å². The zero-order valence-electron chi connectivity index (χ0n) is 8.46. The first-order valence-electron chi connectivity index (χ1n) is 4.79. The molecule has 0 radical (unpaired) electrons. The van der Waals surface area contributed by atoms with Crippen LogP contribution in [0.1, 0.15) is 0 Å². The van der Waals surface area contributed by atoms with Gasteiger partial charge in [-0.15, -0.1) is 0 Å². The van der Waals surface area contributed by atoms with Crippen molar-refractivity contribution in [2.45, 2.75) is 0 Å². The number of aromatic amines is 1. The standard InChI is InChI=1S/C10H6ClN5O/c11-7-2-1-3-12-9(7)16-8-6(4-15-16)10(17)14-5-13-8/h1-5H,(H,13,14,17). The third kappa shape index (κ3) is 1.50. The topological polar surface area (TPSA) is 76.5 Å². The molecule has 0 amide bonds. The first-order valence-corrected chi connectivity index (χ1v) is 5.17. The van der Waals surface area contributed by atoms with E-state index in [-0.39, 0.29) is 5.56 Å². The van der Waals surface area contributed by atoms with Gasteiger partial charge in [0.25, 0.3) is 5.56 Å². The molecule has 0 atom stereocenters. The molecule has 0 aliphatic rings. The summed E-state index contributed by atoms with van der Waals surface area (Å²) in [5.41, 5.74) is 0.183. The molecule has 0 bridgehead atoms. The molecule has 3 heterocycles. The summed E-state index contributed by atoms with van der Waals surface area (Å²) in [5.74, 6) is 0.464. The molecule has 3 aromatic heterocycles. The van der Waals surface area contributed by atoms with E-state index < -0.39 is 0 Å². The van der Waals surface area contributed by atoms with Crippen molar-refractivity contribution in [3.63, 3.8) is 0 Å². The van der Waals surface area contributed by atoms with E-state index in [1.807, 2.05) is 0 Å². The zero-order valence-corrected chi connectivity index (χ0v) is 9.22. The summed E-state index contributed by atoms with van der Waals surface area (Å²) in [4.78, 5) is 22.1. The molecule has 6 nitrogen and oxygen atoms in total. The number of rotatable bonds is 1. The molecule has 0 aromatic carbocycles. The minimum atomic E-state index is -0.336. The van der Waals surface area contributed by atoms with Gasteiger partial charge in [0, 0.05) is 6.20 Å². The third-order valence-electron chi connectivity index (χ3n) is 2.32. The van der Waals surface area contributed by atoms with E-state index in [2.05, 4.69) is 20.1 Å². The summed E-state index contributed by atoms with van der Waals surface area (Å²) < 4.78 is 1.47. The lowest BCUT2D eigenvalue weighted by molar-refractivity contribution is 0.861. The molecule has 0 fully saturated rings. The fourth-order valence-corrected chi connectivity index (χ4v) is 1.76. The first-order chi connectivity index (χ1) is 8.27. The summed E-state index contributed by atoms with van der Waals surface area (Å²) in [7, 11) is 0. The number of fused-ring (bicyclic) bond motifs is 1. The Labute approximate surface area is 99.9 Å². The number of nitrogens with zero attached hydrogens (tertiary/aromatic N) is 4. The number of halogens is 1. The van der Waals surface area contributed by atoms with E-state index in [4.69, 9.17) is 11.6 Å². The monoisotopic (exact) mass is 247 g/mol. The van der Waals surface area contributed by atoms with Crippen molar-refractivity contribution in [2.75, 3.05) is 0 Å². The third-order valence-corrected chi connectivity index (χ3v) is 2.62. The average Bonchev–Trinajstić information content (AvgIpc) is 2.75. The van der Waals surface area contributed by atoms with Gasteiger partial charge in [-0.25, -0.2) is 4.98 Å². The zero-order chi connectivity index (χ0) is 11.8. The van der Waals surface area contributed by atoms with Gasteiger partial charge in [-0.2, -0.15) is 14.8 Å². The van der Waals surface area contributed by atoms with Gasteiger partial charge in [0.05, 0.1) is 17.5 Å². The molecule has 0 saturated heterocycles. The van der Waals surface area contributed by atoms with Crippen LogP contribution in [0.4, 0.5) is 0 Å². The van der Waals surface area contributed by atoms with Crippen LogP contribution < -0.4 is 5.56 Å². The van der Waals surface area contributed by atoms with Gasteiger partial charge in [-0.1, -0.05) is 11.6 Å². The quantitative estimate of drug-likeness (QED) is 0.700. The van der Waals surface area contributed by atoms with Crippen molar-refractivity contribution in [1.29, 1.82) is 0 Å². The molecule has 1 N–H and O–H groups in total. The second-order valence-electron chi connectivity index (χ2n) is 3.34. The van der Waals surface area contributed by atoms with Crippen molar-refractivity contribution in [3.8, 4) is 5.82 Å². The molecule has 3 rings (SSSR count). The summed E-state index contributed by atoms with van der Waals surface area (Å²) in [6, 6.07) is 3.43. The number of hydrogen-bond acceptors (Lipinski definition) is 4. The minimum absolute atomic E-state index is 0.336. The normalized spacial score (nSPS) is 10.9. The van der Waals surface area contributed by atoms with Crippen LogP contribution >= 0.6 is 11.6 Å². The Hall–Kier alpha value is -2.21. The van der Waals surface area contributed by atoms with Crippen LogP contribution in [0.5, 0.6) is 0 Å². The number of aromatic nitrogens is 5. The van der Waals surface area contributed by atoms with Gasteiger partial charge < -0.3 is 4.98 Å². The number of pyridine rings is 1. The van der Waals surface area contributed by atoms with Crippen molar-refractivity contribution >= 4 is 22.6 Å². The fourth-order valence-electron chi connectivity index (χ4n) is 1.56. The van der Waals surface area contributed by atoms with Crippen molar-refractivity contribution in [1.82, 2.24) is 24.7 Å². The van der Waals surface area contributed by atoms with Crippen LogP contribution in [-0.2, 0) is 0 Å². The second-order valence-corrected chi connectivity index (χ2v) is 3.74. The highest BCUT2D eigenvalue weighted by atomic mass is 35.5. The van der Waals surface area contributed by atoms with Crippen LogP contribution in [0.2, 0.25) is 5.02 Å². The van der Waals surface area contributed by atoms with Gasteiger partial charge in [0.1, 0.15) is 11.0 Å². The van der Waals surface area contributed by atoms with E-state index in [1.54, 1.807) is 18.3 Å². The van der Waals surface area contributed by atoms with Gasteiger partial charge in [-0.3, -0.25) is 4.79 Å². The maximum absolute atomic E-state index is 11.5. The highest BCUT2D eigenvalue weighted by Gasteiger charge is 2.11. The maximum atomic E-state index is 11.5. The van der Waals surface area contributed by atoms with Gasteiger partial charge in [-0.05, 0) is 12.1 Å². The fraction of sp³-hybridized carbons (Fsp3) is 0. The van der Waals surface area contributed by atoms with Crippen molar-refractivity contribution < 1.29 is 0 Å². The lowest BCUT2D eigenvalue weighted by Gasteiger charge is -2.03. The molecule has 0 saturated carbocycles. The molecule has 3 aromatic rings. The Morgan fingerprint density at radius 3 is 3.06 bits per heavy atom. The van der Waals surface area contributed by atoms with E-state index >= 15 is 0 Å². The number of nitrogens with one attached hydrogen (secondary N) is 1. The lowest BCUT2D eigenvalue weighted by atomic mass is 10.4. The highest BCUT2D eigenvalue weighted by Crippen LogP contribution is 2.18. The van der Waals surface area contributed by atoms with Crippen LogP contribution in [0.3, 0.4) is 0 Å². The molecule has 0 aliphatic carbocycles. The Morgan fingerprint density at radius 2 is 2.24 bits per heavy atom. The Bertz CT molecular complexity index is 748. The van der Waals surface area contributed by atoms with E-state index in [0.29, 0.717) is 21.9 Å². The predicted octanol–water partition coefficient (Wildman–Crippen LogP) is 1.16. The Kier molecular flexibility index (Phi) is 2.15. The molecule has 7 heteroatoms. The average molecular weight is 248 g/mol. The van der Waals surface area contributed by atoms with Gasteiger partial charge >= 0.3 is 0 Å².